The second kappa shape index (κ2) is 5.12. The van der Waals surface area contributed by atoms with E-state index in [9.17, 15) is 9.18 Å². The summed E-state index contributed by atoms with van der Waals surface area (Å²) in [6.45, 7) is 0.540. The summed E-state index contributed by atoms with van der Waals surface area (Å²) >= 11 is 0. The highest BCUT2D eigenvalue weighted by molar-refractivity contribution is 5.77. The minimum absolute atomic E-state index is 0.0534. The highest BCUT2D eigenvalue weighted by atomic mass is 19.1. The molecule has 1 aromatic rings. The lowest BCUT2D eigenvalue weighted by Crippen LogP contribution is -2.42. The van der Waals surface area contributed by atoms with Gasteiger partial charge in [-0.25, -0.2) is 4.39 Å². The van der Waals surface area contributed by atoms with Gasteiger partial charge in [0, 0.05) is 31.1 Å². The van der Waals surface area contributed by atoms with Crippen LogP contribution in [0, 0.1) is 5.82 Å². The first-order valence-corrected chi connectivity index (χ1v) is 5.76. The first-order chi connectivity index (χ1) is 8.60. The SMILES string of the molecule is COc1cc(NC2CCC(=O)NC2)c(N)cc1F. The highest BCUT2D eigenvalue weighted by Gasteiger charge is 2.19. The van der Waals surface area contributed by atoms with Crippen LogP contribution in [0.4, 0.5) is 15.8 Å². The van der Waals surface area contributed by atoms with Gasteiger partial charge in [0.05, 0.1) is 18.5 Å². The maximum atomic E-state index is 13.4. The predicted octanol–water partition coefficient (Wildman–Crippen LogP) is 1.11. The van der Waals surface area contributed by atoms with Crippen molar-refractivity contribution in [1.29, 1.82) is 0 Å². The quantitative estimate of drug-likeness (QED) is 0.705. The van der Waals surface area contributed by atoms with E-state index in [-0.39, 0.29) is 17.7 Å². The van der Waals surface area contributed by atoms with Gasteiger partial charge in [-0.3, -0.25) is 4.79 Å². The van der Waals surface area contributed by atoms with Crippen molar-refractivity contribution in [1.82, 2.24) is 5.32 Å². The average molecular weight is 253 g/mol. The monoisotopic (exact) mass is 253 g/mol. The van der Waals surface area contributed by atoms with E-state index in [1.54, 1.807) is 0 Å². The van der Waals surface area contributed by atoms with Crippen molar-refractivity contribution in [2.24, 2.45) is 0 Å². The van der Waals surface area contributed by atoms with E-state index in [2.05, 4.69) is 10.6 Å². The Morgan fingerprint density at radius 2 is 2.33 bits per heavy atom. The minimum atomic E-state index is -0.488. The molecule has 2 rings (SSSR count). The Labute approximate surface area is 104 Å². The molecule has 1 amide bonds. The van der Waals surface area contributed by atoms with Crippen LogP contribution in [-0.4, -0.2) is 25.6 Å². The summed E-state index contributed by atoms with van der Waals surface area (Å²) in [6, 6.07) is 2.85. The van der Waals surface area contributed by atoms with Gasteiger partial charge in [-0.1, -0.05) is 0 Å². The maximum absolute atomic E-state index is 13.4. The van der Waals surface area contributed by atoms with Crippen LogP contribution in [0.25, 0.3) is 0 Å². The molecule has 1 aromatic carbocycles. The zero-order chi connectivity index (χ0) is 13.1. The van der Waals surface area contributed by atoms with E-state index in [0.29, 0.717) is 24.3 Å². The number of piperidine rings is 1. The number of nitrogens with two attached hydrogens (primary N) is 1. The van der Waals surface area contributed by atoms with Crippen molar-refractivity contribution in [3.63, 3.8) is 0 Å². The molecule has 4 N–H and O–H groups in total. The molecule has 1 fully saturated rings. The van der Waals surface area contributed by atoms with Crippen LogP contribution in [0.3, 0.4) is 0 Å². The Morgan fingerprint density at radius 1 is 1.56 bits per heavy atom. The van der Waals surface area contributed by atoms with Crippen molar-refractivity contribution in [3.05, 3.63) is 17.9 Å². The summed E-state index contributed by atoms with van der Waals surface area (Å²) in [6.07, 6.45) is 1.21. The summed E-state index contributed by atoms with van der Waals surface area (Å²) in [7, 11) is 1.40. The van der Waals surface area contributed by atoms with Gasteiger partial charge >= 0.3 is 0 Å². The molecular weight excluding hydrogens is 237 g/mol. The summed E-state index contributed by atoms with van der Waals surface area (Å²) < 4.78 is 18.3. The van der Waals surface area contributed by atoms with E-state index in [1.807, 2.05) is 0 Å². The summed E-state index contributed by atoms with van der Waals surface area (Å²) in [5, 5.41) is 5.95. The third kappa shape index (κ3) is 2.64. The molecule has 18 heavy (non-hydrogen) atoms. The molecule has 0 saturated carbocycles. The third-order valence-corrected chi connectivity index (χ3v) is 2.95. The molecule has 98 valence electrons. The van der Waals surface area contributed by atoms with E-state index in [0.717, 1.165) is 6.42 Å². The summed E-state index contributed by atoms with van der Waals surface area (Å²) in [5.41, 5.74) is 6.69. The van der Waals surface area contributed by atoms with Gasteiger partial charge in [0.1, 0.15) is 0 Å². The van der Waals surface area contributed by atoms with Gasteiger partial charge in [-0.15, -0.1) is 0 Å². The van der Waals surface area contributed by atoms with E-state index < -0.39 is 5.82 Å². The topological polar surface area (TPSA) is 76.4 Å². The molecule has 1 aliphatic heterocycles. The number of rotatable bonds is 3. The lowest BCUT2D eigenvalue weighted by molar-refractivity contribution is -0.122. The minimum Gasteiger partial charge on any atom is -0.494 e. The molecule has 0 bridgehead atoms. The summed E-state index contributed by atoms with van der Waals surface area (Å²) in [4.78, 5) is 11.0. The largest absolute Gasteiger partial charge is 0.494 e. The number of nitrogens with one attached hydrogen (secondary N) is 2. The standard InChI is InChI=1S/C12H16FN3O2/c1-18-11-5-10(9(14)4-8(11)13)16-7-2-3-12(17)15-6-7/h4-5,7,16H,2-3,6,14H2,1H3,(H,15,17). The van der Waals surface area contributed by atoms with Crippen molar-refractivity contribution in [3.8, 4) is 5.75 Å². The lowest BCUT2D eigenvalue weighted by atomic mass is 10.1. The van der Waals surface area contributed by atoms with Gasteiger partial charge < -0.3 is 21.1 Å². The molecule has 1 unspecified atom stereocenters. The lowest BCUT2D eigenvalue weighted by Gasteiger charge is -2.25. The van der Waals surface area contributed by atoms with Crippen LogP contribution >= 0.6 is 0 Å². The number of carbonyl (C=O) groups excluding carboxylic acids is 1. The van der Waals surface area contributed by atoms with Crippen LogP contribution in [0.2, 0.25) is 0 Å². The second-order valence-electron chi connectivity index (χ2n) is 4.26. The molecule has 5 nitrogen and oxygen atoms in total. The molecule has 0 aromatic heterocycles. The van der Waals surface area contributed by atoms with Crippen molar-refractivity contribution in [2.45, 2.75) is 18.9 Å². The van der Waals surface area contributed by atoms with Crippen molar-refractivity contribution < 1.29 is 13.9 Å². The van der Waals surface area contributed by atoms with Crippen LogP contribution in [0.15, 0.2) is 12.1 Å². The first kappa shape index (κ1) is 12.5. The molecule has 1 aliphatic rings. The smallest absolute Gasteiger partial charge is 0.220 e. The van der Waals surface area contributed by atoms with Crippen LogP contribution in [0.5, 0.6) is 5.75 Å². The van der Waals surface area contributed by atoms with E-state index >= 15 is 0 Å². The average Bonchev–Trinajstić information content (AvgIpc) is 2.35. The van der Waals surface area contributed by atoms with Crippen molar-refractivity contribution >= 4 is 17.3 Å². The fourth-order valence-electron chi connectivity index (χ4n) is 1.93. The Kier molecular flexibility index (Phi) is 3.55. The molecule has 0 radical (unpaired) electrons. The Hall–Kier alpha value is -1.98. The molecule has 1 atom stereocenters. The number of carbonyl (C=O) groups is 1. The second-order valence-corrected chi connectivity index (χ2v) is 4.26. The van der Waals surface area contributed by atoms with E-state index in [4.69, 9.17) is 10.5 Å². The Bertz CT molecular complexity index is 455. The number of amides is 1. The number of nitrogen functional groups attached to an aromatic ring is 1. The number of ether oxygens (including phenoxy) is 1. The third-order valence-electron chi connectivity index (χ3n) is 2.95. The zero-order valence-electron chi connectivity index (χ0n) is 10.1. The van der Waals surface area contributed by atoms with Crippen molar-refractivity contribution in [2.75, 3.05) is 24.7 Å². The Balaban J connectivity index is 2.11. The normalized spacial score (nSPS) is 19.2. The Morgan fingerprint density at radius 3 is 2.94 bits per heavy atom. The first-order valence-electron chi connectivity index (χ1n) is 5.76. The number of halogens is 1. The summed E-state index contributed by atoms with van der Waals surface area (Å²) in [5.74, 6) is -0.290. The van der Waals surface area contributed by atoms with E-state index in [1.165, 1.54) is 19.2 Å². The molecular formula is C12H16FN3O2. The number of anilines is 2. The fraction of sp³-hybridized carbons (Fsp3) is 0.417. The highest BCUT2D eigenvalue weighted by Crippen LogP contribution is 2.29. The molecule has 6 heteroatoms. The number of benzene rings is 1. The molecule has 1 heterocycles. The van der Waals surface area contributed by atoms with Gasteiger partial charge in [-0.05, 0) is 6.42 Å². The maximum Gasteiger partial charge on any atom is 0.220 e. The van der Waals surface area contributed by atoms with Gasteiger partial charge in [0.2, 0.25) is 5.91 Å². The molecule has 0 spiro atoms. The predicted molar refractivity (Wildman–Crippen MR) is 67.0 cm³/mol. The fourth-order valence-corrected chi connectivity index (χ4v) is 1.93. The van der Waals surface area contributed by atoms with Gasteiger partial charge in [0.25, 0.3) is 0 Å². The number of hydrogen-bond donors (Lipinski definition) is 3. The van der Waals surface area contributed by atoms with Crippen LogP contribution in [-0.2, 0) is 4.79 Å². The van der Waals surface area contributed by atoms with Gasteiger partial charge in [-0.2, -0.15) is 0 Å². The van der Waals surface area contributed by atoms with Crippen LogP contribution < -0.4 is 21.1 Å². The molecule has 0 aliphatic carbocycles. The van der Waals surface area contributed by atoms with Crippen LogP contribution in [0.1, 0.15) is 12.8 Å². The number of methoxy groups -OCH3 is 1. The zero-order valence-corrected chi connectivity index (χ0v) is 10.1. The molecule has 1 saturated heterocycles. The van der Waals surface area contributed by atoms with Gasteiger partial charge in [0.15, 0.2) is 11.6 Å². The number of hydrogen-bond acceptors (Lipinski definition) is 4.